The normalized spacial score (nSPS) is 11.2. The van der Waals surface area contributed by atoms with Crippen molar-refractivity contribution in [2.75, 3.05) is 5.75 Å². The lowest BCUT2D eigenvalue weighted by Crippen LogP contribution is -2.26. The van der Waals surface area contributed by atoms with Gasteiger partial charge in [-0.05, 0) is 26.0 Å². The highest BCUT2D eigenvalue weighted by molar-refractivity contribution is 7.99. The molecule has 1 aromatic rings. The smallest absolute Gasteiger partial charge is 0.338 e. The predicted octanol–water partition coefficient (Wildman–Crippen LogP) is 1.98. The number of carboxylic acids is 2. The van der Waals surface area contributed by atoms with Gasteiger partial charge in [-0.2, -0.15) is 0 Å². The zero-order chi connectivity index (χ0) is 13.1. The summed E-state index contributed by atoms with van der Waals surface area (Å²) in [5.41, 5.74) is -0.823. The van der Waals surface area contributed by atoms with E-state index in [1.165, 1.54) is 18.3 Å². The molecule has 0 amide bonds. The summed E-state index contributed by atoms with van der Waals surface area (Å²) in [6.07, 6.45) is 1.49. The molecule has 0 fully saturated rings. The first kappa shape index (κ1) is 13.5. The van der Waals surface area contributed by atoms with Gasteiger partial charge >= 0.3 is 11.9 Å². The third-order valence-electron chi connectivity index (χ3n) is 2.15. The SMILES string of the molecule is CC(C)(CSc1ncccc1C(=O)O)C(=O)O. The van der Waals surface area contributed by atoms with Gasteiger partial charge in [-0.3, -0.25) is 4.79 Å². The van der Waals surface area contributed by atoms with Gasteiger partial charge in [0.2, 0.25) is 0 Å². The molecule has 0 aliphatic rings. The van der Waals surface area contributed by atoms with Crippen molar-refractivity contribution in [1.29, 1.82) is 0 Å². The number of nitrogens with zero attached hydrogens (tertiary/aromatic N) is 1. The van der Waals surface area contributed by atoms with Crippen LogP contribution >= 0.6 is 11.8 Å². The molecule has 2 N–H and O–H groups in total. The first-order valence-corrected chi connectivity index (χ1v) is 5.87. The highest BCUT2D eigenvalue weighted by Crippen LogP contribution is 2.28. The molecule has 0 aliphatic heterocycles. The Balaban J connectivity index is 2.83. The van der Waals surface area contributed by atoms with Crippen LogP contribution in [-0.4, -0.2) is 32.9 Å². The lowest BCUT2D eigenvalue weighted by atomic mass is 9.97. The van der Waals surface area contributed by atoms with Crippen molar-refractivity contribution in [3.8, 4) is 0 Å². The minimum Gasteiger partial charge on any atom is -0.481 e. The Labute approximate surface area is 103 Å². The van der Waals surface area contributed by atoms with Crippen LogP contribution in [0.2, 0.25) is 0 Å². The maximum Gasteiger partial charge on any atom is 0.338 e. The molecule has 1 rings (SSSR count). The molecule has 1 aromatic heterocycles. The average molecular weight is 255 g/mol. The fourth-order valence-corrected chi connectivity index (χ4v) is 2.05. The number of carboxylic acid groups (broad SMARTS) is 2. The Hall–Kier alpha value is -1.56. The molecule has 0 saturated carbocycles. The molecule has 92 valence electrons. The molecule has 0 bridgehead atoms. The summed E-state index contributed by atoms with van der Waals surface area (Å²) in [6, 6.07) is 2.99. The minimum absolute atomic E-state index is 0.0960. The summed E-state index contributed by atoms with van der Waals surface area (Å²) in [5.74, 6) is -1.72. The van der Waals surface area contributed by atoms with Crippen LogP contribution in [0.3, 0.4) is 0 Å². The zero-order valence-corrected chi connectivity index (χ0v) is 10.3. The summed E-state index contributed by atoms with van der Waals surface area (Å²) < 4.78 is 0. The highest BCUT2D eigenvalue weighted by atomic mass is 32.2. The van der Waals surface area contributed by atoms with E-state index in [4.69, 9.17) is 10.2 Å². The molecule has 17 heavy (non-hydrogen) atoms. The van der Waals surface area contributed by atoms with Gasteiger partial charge in [-0.1, -0.05) is 0 Å². The highest BCUT2D eigenvalue weighted by Gasteiger charge is 2.28. The number of hydrogen-bond donors (Lipinski definition) is 2. The van der Waals surface area contributed by atoms with E-state index in [9.17, 15) is 9.59 Å². The number of aliphatic carboxylic acids is 1. The second kappa shape index (κ2) is 5.18. The molecule has 0 spiro atoms. The second-order valence-corrected chi connectivity index (χ2v) is 5.10. The van der Waals surface area contributed by atoms with E-state index in [0.29, 0.717) is 5.03 Å². The van der Waals surface area contributed by atoms with Crippen molar-refractivity contribution < 1.29 is 19.8 Å². The lowest BCUT2D eigenvalue weighted by Gasteiger charge is -2.18. The Kier molecular flexibility index (Phi) is 4.11. The maximum atomic E-state index is 10.9. The number of hydrogen-bond acceptors (Lipinski definition) is 4. The van der Waals surface area contributed by atoms with Crippen molar-refractivity contribution >= 4 is 23.7 Å². The molecule has 0 saturated heterocycles. The van der Waals surface area contributed by atoms with E-state index in [0.717, 1.165) is 11.8 Å². The Bertz CT molecular complexity index is 445. The van der Waals surface area contributed by atoms with Gasteiger partial charge in [0.1, 0.15) is 5.03 Å². The monoisotopic (exact) mass is 255 g/mol. The predicted molar refractivity (Wildman–Crippen MR) is 63.3 cm³/mol. The number of thioether (sulfide) groups is 1. The Morgan fingerprint density at radius 1 is 1.41 bits per heavy atom. The molecule has 5 nitrogen and oxygen atoms in total. The minimum atomic E-state index is -1.06. The number of aromatic nitrogens is 1. The van der Waals surface area contributed by atoms with Crippen molar-refractivity contribution in [1.82, 2.24) is 4.98 Å². The quantitative estimate of drug-likeness (QED) is 0.782. The standard InChI is InChI=1S/C11H13NO4S/c1-11(2,10(15)16)6-17-8-7(9(13)14)4-3-5-12-8/h3-5H,6H2,1-2H3,(H,13,14)(H,15,16). The number of rotatable bonds is 5. The van der Waals surface area contributed by atoms with Gasteiger partial charge in [0.05, 0.1) is 11.0 Å². The van der Waals surface area contributed by atoms with Gasteiger partial charge in [0.15, 0.2) is 0 Å². The molecular weight excluding hydrogens is 242 g/mol. The van der Waals surface area contributed by atoms with Crippen molar-refractivity contribution in [2.45, 2.75) is 18.9 Å². The van der Waals surface area contributed by atoms with E-state index < -0.39 is 17.4 Å². The molecule has 6 heteroatoms. The van der Waals surface area contributed by atoms with Crippen LogP contribution in [0.5, 0.6) is 0 Å². The molecule has 1 heterocycles. The number of carbonyl (C=O) groups is 2. The third-order valence-corrected chi connectivity index (χ3v) is 3.62. The number of aromatic carboxylic acids is 1. The molecule has 0 unspecified atom stereocenters. The van der Waals surface area contributed by atoms with Crippen LogP contribution in [0.25, 0.3) is 0 Å². The van der Waals surface area contributed by atoms with Gasteiger partial charge < -0.3 is 10.2 Å². The van der Waals surface area contributed by atoms with E-state index in [-0.39, 0.29) is 11.3 Å². The zero-order valence-electron chi connectivity index (χ0n) is 9.51. The summed E-state index contributed by atoms with van der Waals surface area (Å²) in [5, 5.41) is 18.2. The van der Waals surface area contributed by atoms with Crippen molar-refractivity contribution in [2.24, 2.45) is 5.41 Å². The molecule has 0 radical (unpaired) electrons. The van der Waals surface area contributed by atoms with Crippen LogP contribution in [0, 0.1) is 5.41 Å². The van der Waals surface area contributed by atoms with E-state index in [1.54, 1.807) is 13.8 Å². The average Bonchev–Trinajstić information content (AvgIpc) is 2.26. The van der Waals surface area contributed by atoms with E-state index >= 15 is 0 Å². The summed E-state index contributed by atoms with van der Waals surface area (Å²) >= 11 is 1.14. The third kappa shape index (κ3) is 3.45. The van der Waals surface area contributed by atoms with Crippen LogP contribution in [0.4, 0.5) is 0 Å². The summed E-state index contributed by atoms with van der Waals surface area (Å²) in [7, 11) is 0. The van der Waals surface area contributed by atoms with E-state index in [1.807, 2.05) is 0 Å². The Morgan fingerprint density at radius 3 is 2.59 bits per heavy atom. The molecule has 0 aliphatic carbocycles. The van der Waals surface area contributed by atoms with Crippen molar-refractivity contribution in [3.05, 3.63) is 23.9 Å². The second-order valence-electron chi connectivity index (χ2n) is 4.14. The molecular formula is C11H13NO4S. The van der Waals surface area contributed by atoms with Gasteiger partial charge in [0.25, 0.3) is 0 Å². The van der Waals surface area contributed by atoms with Crippen LogP contribution < -0.4 is 0 Å². The molecule has 0 atom stereocenters. The first-order valence-electron chi connectivity index (χ1n) is 4.89. The fraction of sp³-hybridized carbons (Fsp3) is 0.364. The van der Waals surface area contributed by atoms with Gasteiger partial charge in [0, 0.05) is 11.9 Å². The molecule has 0 aromatic carbocycles. The van der Waals surface area contributed by atoms with Gasteiger partial charge in [-0.25, -0.2) is 9.78 Å². The Morgan fingerprint density at radius 2 is 2.06 bits per heavy atom. The van der Waals surface area contributed by atoms with Gasteiger partial charge in [-0.15, -0.1) is 11.8 Å². The fourth-order valence-electron chi connectivity index (χ4n) is 0.979. The maximum absolute atomic E-state index is 10.9. The van der Waals surface area contributed by atoms with Crippen LogP contribution in [-0.2, 0) is 4.79 Å². The van der Waals surface area contributed by atoms with Crippen LogP contribution in [0.15, 0.2) is 23.4 Å². The number of pyridine rings is 1. The summed E-state index contributed by atoms with van der Waals surface area (Å²) in [4.78, 5) is 25.8. The van der Waals surface area contributed by atoms with Crippen molar-refractivity contribution in [3.63, 3.8) is 0 Å². The summed E-state index contributed by atoms with van der Waals surface area (Å²) in [6.45, 7) is 3.18. The van der Waals surface area contributed by atoms with Crippen LogP contribution in [0.1, 0.15) is 24.2 Å². The topological polar surface area (TPSA) is 87.5 Å². The van der Waals surface area contributed by atoms with E-state index in [2.05, 4.69) is 4.98 Å². The lowest BCUT2D eigenvalue weighted by molar-refractivity contribution is -0.145. The first-order chi connectivity index (χ1) is 7.84. The largest absolute Gasteiger partial charge is 0.481 e.